The van der Waals surface area contributed by atoms with Crippen LogP contribution in [0.1, 0.15) is 17.8 Å². The standard InChI is InChI=1S/C21H20N6O2/c1-15-22-9-11-27(15)19-12-16(6-8-23-19)13-24-20(28)7-10-26-14-25-18-5-3-2-4-17(18)21(26)29/h2-6,8-9,11-12,14H,7,10,13H2,1H3,(H,24,28). The van der Waals surface area contributed by atoms with Gasteiger partial charge in [-0.25, -0.2) is 15.0 Å². The van der Waals surface area contributed by atoms with Crippen LogP contribution in [-0.4, -0.2) is 30.0 Å². The number of benzene rings is 1. The second kappa shape index (κ2) is 8.05. The van der Waals surface area contributed by atoms with Crippen molar-refractivity contribution in [2.75, 3.05) is 0 Å². The number of rotatable bonds is 6. The number of imidazole rings is 1. The second-order valence-corrected chi connectivity index (χ2v) is 6.65. The van der Waals surface area contributed by atoms with Crippen LogP contribution in [0, 0.1) is 6.92 Å². The molecule has 0 aliphatic heterocycles. The number of nitrogens with zero attached hydrogens (tertiary/aromatic N) is 5. The van der Waals surface area contributed by atoms with E-state index in [9.17, 15) is 9.59 Å². The molecule has 0 fully saturated rings. The molecule has 0 saturated carbocycles. The van der Waals surface area contributed by atoms with Gasteiger partial charge in [0, 0.05) is 38.1 Å². The van der Waals surface area contributed by atoms with Gasteiger partial charge in [-0.3, -0.25) is 18.7 Å². The first-order chi connectivity index (χ1) is 14.1. The summed E-state index contributed by atoms with van der Waals surface area (Å²) in [6, 6.07) is 10.9. The van der Waals surface area contributed by atoms with Crippen LogP contribution in [0.5, 0.6) is 0 Å². The van der Waals surface area contributed by atoms with Crippen molar-refractivity contribution >= 4 is 16.8 Å². The van der Waals surface area contributed by atoms with E-state index in [4.69, 9.17) is 0 Å². The summed E-state index contributed by atoms with van der Waals surface area (Å²) in [5.41, 5.74) is 1.44. The number of carbonyl (C=O) groups excluding carboxylic acids is 1. The molecular formula is C21H20N6O2. The van der Waals surface area contributed by atoms with Gasteiger partial charge in [-0.2, -0.15) is 0 Å². The number of nitrogens with one attached hydrogen (secondary N) is 1. The average molecular weight is 388 g/mol. The van der Waals surface area contributed by atoms with Gasteiger partial charge < -0.3 is 5.32 Å². The zero-order chi connectivity index (χ0) is 20.2. The highest BCUT2D eigenvalue weighted by Crippen LogP contribution is 2.10. The number of aryl methyl sites for hydroxylation is 2. The highest BCUT2D eigenvalue weighted by molar-refractivity contribution is 5.77. The summed E-state index contributed by atoms with van der Waals surface area (Å²) >= 11 is 0. The average Bonchev–Trinajstić information content (AvgIpc) is 3.18. The van der Waals surface area contributed by atoms with Crippen molar-refractivity contribution in [2.45, 2.75) is 26.4 Å². The Morgan fingerprint density at radius 2 is 1.97 bits per heavy atom. The van der Waals surface area contributed by atoms with Crippen LogP contribution < -0.4 is 10.9 Å². The van der Waals surface area contributed by atoms with Crippen LogP contribution in [-0.2, 0) is 17.9 Å². The molecule has 4 aromatic rings. The molecule has 0 saturated heterocycles. The predicted molar refractivity (Wildman–Crippen MR) is 109 cm³/mol. The lowest BCUT2D eigenvalue weighted by molar-refractivity contribution is -0.121. The Morgan fingerprint density at radius 1 is 1.10 bits per heavy atom. The first-order valence-corrected chi connectivity index (χ1v) is 9.28. The molecule has 0 radical (unpaired) electrons. The van der Waals surface area contributed by atoms with E-state index in [1.165, 1.54) is 10.9 Å². The first-order valence-electron chi connectivity index (χ1n) is 9.28. The number of fused-ring (bicyclic) bond motifs is 1. The number of amides is 1. The molecule has 0 atom stereocenters. The molecule has 1 N–H and O–H groups in total. The molecule has 1 amide bonds. The highest BCUT2D eigenvalue weighted by atomic mass is 16.1. The van der Waals surface area contributed by atoms with Crippen molar-refractivity contribution < 1.29 is 4.79 Å². The molecule has 0 unspecified atom stereocenters. The van der Waals surface area contributed by atoms with E-state index in [1.807, 2.05) is 35.9 Å². The fourth-order valence-corrected chi connectivity index (χ4v) is 3.10. The normalized spacial score (nSPS) is 10.9. The second-order valence-electron chi connectivity index (χ2n) is 6.65. The number of hydrogen-bond acceptors (Lipinski definition) is 5. The van der Waals surface area contributed by atoms with Gasteiger partial charge >= 0.3 is 0 Å². The van der Waals surface area contributed by atoms with Gasteiger partial charge in [-0.05, 0) is 36.8 Å². The Balaban J connectivity index is 1.37. The third-order valence-electron chi connectivity index (χ3n) is 4.68. The van der Waals surface area contributed by atoms with Gasteiger partial charge in [0.1, 0.15) is 11.6 Å². The van der Waals surface area contributed by atoms with Crippen LogP contribution in [0.2, 0.25) is 0 Å². The molecule has 0 bridgehead atoms. The maximum absolute atomic E-state index is 12.5. The third kappa shape index (κ3) is 4.06. The summed E-state index contributed by atoms with van der Waals surface area (Å²) in [7, 11) is 0. The van der Waals surface area contributed by atoms with E-state index in [0.717, 1.165) is 17.2 Å². The number of aromatic nitrogens is 5. The molecule has 8 nitrogen and oxygen atoms in total. The lowest BCUT2D eigenvalue weighted by Crippen LogP contribution is -2.27. The van der Waals surface area contributed by atoms with E-state index in [-0.39, 0.29) is 24.4 Å². The van der Waals surface area contributed by atoms with Crippen molar-refractivity contribution in [3.05, 3.63) is 83.1 Å². The smallest absolute Gasteiger partial charge is 0.261 e. The molecule has 3 heterocycles. The molecule has 8 heteroatoms. The molecule has 0 spiro atoms. The minimum Gasteiger partial charge on any atom is -0.352 e. The fourth-order valence-electron chi connectivity index (χ4n) is 3.10. The van der Waals surface area contributed by atoms with Crippen LogP contribution in [0.3, 0.4) is 0 Å². The minimum atomic E-state index is -0.141. The van der Waals surface area contributed by atoms with E-state index in [0.29, 0.717) is 17.4 Å². The Hall–Kier alpha value is -3.81. The zero-order valence-corrected chi connectivity index (χ0v) is 15.9. The number of pyridine rings is 1. The lowest BCUT2D eigenvalue weighted by atomic mass is 10.2. The third-order valence-corrected chi connectivity index (χ3v) is 4.68. The summed E-state index contributed by atoms with van der Waals surface area (Å²) in [5, 5.41) is 3.44. The topological polar surface area (TPSA) is 94.7 Å². The van der Waals surface area contributed by atoms with Crippen molar-refractivity contribution in [3.63, 3.8) is 0 Å². The molecule has 29 heavy (non-hydrogen) atoms. The molecule has 0 aliphatic rings. The van der Waals surface area contributed by atoms with Gasteiger partial charge in [-0.1, -0.05) is 12.1 Å². The summed E-state index contributed by atoms with van der Waals surface area (Å²) in [6.07, 6.45) is 6.94. The summed E-state index contributed by atoms with van der Waals surface area (Å²) in [5.74, 6) is 1.45. The van der Waals surface area contributed by atoms with Crippen LogP contribution >= 0.6 is 0 Å². The SMILES string of the molecule is Cc1nccn1-c1cc(CNC(=O)CCn2cnc3ccccc3c2=O)ccn1. The van der Waals surface area contributed by atoms with Crippen LogP contribution in [0.4, 0.5) is 0 Å². The Morgan fingerprint density at radius 3 is 2.79 bits per heavy atom. The fraction of sp³-hybridized carbons (Fsp3) is 0.190. The van der Waals surface area contributed by atoms with Gasteiger partial charge in [0.15, 0.2) is 0 Å². The Bertz CT molecular complexity index is 1230. The summed E-state index contributed by atoms with van der Waals surface area (Å²) in [6.45, 7) is 2.56. The molecule has 4 rings (SSSR count). The summed E-state index contributed by atoms with van der Waals surface area (Å²) < 4.78 is 3.35. The number of carbonyl (C=O) groups is 1. The minimum absolute atomic E-state index is 0.137. The first kappa shape index (κ1) is 18.5. The zero-order valence-electron chi connectivity index (χ0n) is 15.9. The molecule has 0 aliphatic carbocycles. The lowest BCUT2D eigenvalue weighted by Gasteiger charge is -2.09. The van der Waals surface area contributed by atoms with Gasteiger partial charge in [0.05, 0.1) is 17.2 Å². The highest BCUT2D eigenvalue weighted by Gasteiger charge is 2.08. The van der Waals surface area contributed by atoms with E-state index >= 15 is 0 Å². The number of hydrogen-bond donors (Lipinski definition) is 1. The maximum Gasteiger partial charge on any atom is 0.261 e. The van der Waals surface area contributed by atoms with Gasteiger partial charge in [0.25, 0.3) is 5.56 Å². The Labute approximate surface area is 166 Å². The van der Waals surface area contributed by atoms with E-state index in [1.54, 1.807) is 30.6 Å². The largest absolute Gasteiger partial charge is 0.352 e. The van der Waals surface area contributed by atoms with Crippen molar-refractivity contribution in [1.29, 1.82) is 0 Å². The quantitative estimate of drug-likeness (QED) is 0.545. The predicted octanol–water partition coefficient (Wildman–Crippen LogP) is 1.99. The van der Waals surface area contributed by atoms with E-state index in [2.05, 4.69) is 20.3 Å². The van der Waals surface area contributed by atoms with Crippen LogP contribution in [0.25, 0.3) is 16.7 Å². The maximum atomic E-state index is 12.5. The summed E-state index contributed by atoms with van der Waals surface area (Å²) in [4.78, 5) is 37.5. The van der Waals surface area contributed by atoms with Crippen molar-refractivity contribution in [2.24, 2.45) is 0 Å². The van der Waals surface area contributed by atoms with E-state index < -0.39 is 0 Å². The van der Waals surface area contributed by atoms with Crippen LogP contribution in [0.15, 0.2) is 66.1 Å². The molecular weight excluding hydrogens is 368 g/mol. The Kier molecular flexibility index (Phi) is 5.15. The monoisotopic (exact) mass is 388 g/mol. The van der Waals surface area contributed by atoms with Gasteiger partial charge in [-0.15, -0.1) is 0 Å². The van der Waals surface area contributed by atoms with Crippen molar-refractivity contribution in [3.8, 4) is 5.82 Å². The number of para-hydroxylation sites is 1. The molecule has 3 aromatic heterocycles. The van der Waals surface area contributed by atoms with Gasteiger partial charge in [0.2, 0.25) is 5.91 Å². The molecule has 1 aromatic carbocycles. The van der Waals surface area contributed by atoms with Crippen molar-refractivity contribution in [1.82, 2.24) is 29.4 Å². The molecule has 146 valence electrons.